The number of morpholine rings is 1. The van der Waals surface area contributed by atoms with Crippen molar-refractivity contribution in [3.05, 3.63) is 48.2 Å². The zero-order valence-corrected chi connectivity index (χ0v) is 14.5. The molecule has 1 aromatic heterocycles. The van der Waals surface area contributed by atoms with E-state index < -0.39 is 0 Å². The molecule has 2 aromatic rings. The van der Waals surface area contributed by atoms with Crippen molar-refractivity contribution in [2.75, 3.05) is 39.4 Å². The van der Waals surface area contributed by atoms with Crippen molar-refractivity contribution in [3.8, 4) is 11.3 Å². The van der Waals surface area contributed by atoms with Crippen molar-refractivity contribution in [1.29, 1.82) is 0 Å². The second-order valence-corrected chi connectivity index (χ2v) is 6.98. The fourth-order valence-electron chi connectivity index (χ4n) is 3.99. The SMILES string of the molecule is O[C@@H]1CN(Cc2cccc(-c3ccco3)c2)CC[C@H]1N1CCOCC1. The van der Waals surface area contributed by atoms with Crippen LogP contribution < -0.4 is 0 Å². The van der Waals surface area contributed by atoms with E-state index in [0.29, 0.717) is 0 Å². The first-order valence-electron chi connectivity index (χ1n) is 9.14. The van der Waals surface area contributed by atoms with Crippen LogP contribution in [-0.2, 0) is 11.3 Å². The average Bonchev–Trinajstić information content (AvgIpc) is 3.18. The van der Waals surface area contributed by atoms with Gasteiger partial charge in [-0.05, 0) is 30.2 Å². The molecule has 0 bridgehead atoms. The average molecular weight is 342 g/mol. The zero-order chi connectivity index (χ0) is 17.1. The lowest BCUT2D eigenvalue weighted by atomic mass is 9.98. The third kappa shape index (κ3) is 3.96. The van der Waals surface area contributed by atoms with Crippen LogP contribution in [0.2, 0.25) is 0 Å². The van der Waals surface area contributed by atoms with Crippen molar-refractivity contribution < 1.29 is 14.3 Å². The molecule has 5 nitrogen and oxygen atoms in total. The molecule has 25 heavy (non-hydrogen) atoms. The summed E-state index contributed by atoms with van der Waals surface area (Å²) in [4.78, 5) is 4.74. The Kier molecular flexibility index (Phi) is 5.17. The summed E-state index contributed by atoms with van der Waals surface area (Å²) in [5, 5.41) is 10.6. The van der Waals surface area contributed by atoms with Crippen molar-refractivity contribution >= 4 is 0 Å². The van der Waals surface area contributed by atoms with E-state index in [-0.39, 0.29) is 12.1 Å². The van der Waals surface area contributed by atoms with Gasteiger partial charge in [0.25, 0.3) is 0 Å². The fraction of sp³-hybridized carbons (Fsp3) is 0.500. The third-order valence-corrected chi connectivity index (χ3v) is 5.28. The molecule has 1 N–H and O–H groups in total. The highest BCUT2D eigenvalue weighted by molar-refractivity contribution is 5.58. The number of likely N-dealkylation sites (tertiary alicyclic amines) is 1. The lowest BCUT2D eigenvalue weighted by Crippen LogP contribution is -2.56. The second-order valence-electron chi connectivity index (χ2n) is 6.98. The van der Waals surface area contributed by atoms with Gasteiger partial charge in [0.15, 0.2) is 0 Å². The van der Waals surface area contributed by atoms with Crippen LogP contribution in [-0.4, -0.2) is 66.4 Å². The van der Waals surface area contributed by atoms with Gasteiger partial charge < -0.3 is 14.3 Å². The van der Waals surface area contributed by atoms with Crippen LogP contribution in [0, 0.1) is 0 Å². The van der Waals surface area contributed by atoms with E-state index >= 15 is 0 Å². The molecule has 0 spiro atoms. The van der Waals surface area contributed by atoms with Gasteiger partial charge in [0, 0.05) is 44.3 Å². The Hall–Kier alpha value is -1.66. The minimum Gasteiger partial charge on any atom is -0.464 e. The Bertz CT molecular complexity index is 667. The van der Waals surface area contributed by atoms with Gasteiger partial charge in [-0.3, -0.25) is 9.80 Å². The molecular weight excluding hydrogens is 316 g/mol. The fourth-order valence-corrected chi connectivity index (χ4v) is 3.99. The Morgan fingerprint density at radius 1 is 1.08 bits per heavy atom. The molecule has 134 valence electrons. The first-order valence-corrected chi connectivity index (χ1v) is 9.14. The number of hydrogen-bond acceptors (Lipinski definition) is 5. The van der Waals surface area contributed by atoms with E-state index in [1.165, 1.54) is 5.56 Å². The van der Waals surface area contributed by atoms with Crippen LogP contribution in [0.5, 0.6) is 0 Å². The third-order valence-electron chi connectivity index (χ3n) is 5.28. The molecule has 2 fully saturated rings. The summed E-state index contributed by atoms with van der Waals surface area (Å²) in [5.41, 5.74) is 2.36. The smallest absolute Gasteiger partial charge is 0.133 e. The molecule has 2 aliphatic heterocycles. The molecule has 0 radical (unpaired) electrons. The number of aliphatic hydroxyl groups is 1. The summed E-state index contributed by atoms with van der Waals surface area (Å²) in [5.74, 6) is 0.896. The number of β-amino-alcohol motifs (C(OH)–C–C–N with tert-alkyl or cyclic N) is 1. The maximum absolute atomic E-state index is 10.6. The Morgan fingerprint density at radius 2 is 1.96 bits per heavy atom. The number of aliphatic hydroxyl groups excluding tert-OH is 1. The van der Waals surface area contributed by atoms with E-state index in [0.717, 1.165) is 63.7 Å². The maximum atomic E-state index is 10.6. The largest absolute Gasteiger partial charge is 0.464 e. The molecule has 4 rings (SSSR count). The predicted molar refractivity (Wildman–Crippen MR) is 96.2 cm³/mol. The highest BCUT2D eigenvalue weighted by Gasteiger charge is 2.32. The Labute approximate surface area is 148 Å². The summed E-state index contributed by atoms with van der Waals surface area (Å²) in [7, 11) is 0. The van der Waals surface area contributed by atoms with E-state index in [4.69, 9.17) is 9.15 Å². The van der Waals surface area contributed by atoms with Crippen LogP contribution in [0.3, 0.4) is 0 Å². The van der Waals surface area contributed by atoms with Gasteiger partial charge in [0.2, 0.25) is 0 Å². The van der Waals surface area contributed by atoms with Crippen LogP contribution in [0.15, 0.2) is 47.1 Å². The Morgan fingerprint density at radius 3 is 2.72 bits per heavy atom. The highest BCUT2D eigenvalue weighted by Crippen LogP contribution is 2.23. The summed E-state index contributed by atoms with van der Waals surface area (Å²) in [6, 6.07) is 12.6. The lowest BCUT2D eigenvalue weighted by molar-refractivity contribution is -0.0534. The second kappa shape index (κ2) is 7.70. The van der Waals surface area contributed by atoms with Gasteiger partial charge in [0.1, 0.15) is 5.76 Å². The summed E-state index contributed by atoms with van der Waals surface area (Å²) in [6.07, 6.45) is 2.42. The number of nitrogens with zero attached hydrogens (tertiary/aromatic N) is 2. The monoisotopic (exact) mass is 342 g/mol. The first-order chi connectivity index (χ1) is 12.3. The number of rotatable bonds is 4. The van der Waals surface area contributed by atoms with Crippen LogP contribution >= 0.6 is 0 Å². The van der Waals surface area contributed by atoms with E-state index in [2.05, 4.69) is 34.1 Å². The topological polar surface area (TPSA) is 49.1 Å². The molecule has 0 saturated carbocycles. The van der Waals surface area contributed by atoms with E-state index in [1.807, 2.05) is 12.1 Å². The lowest BCUT2D eigenvalue weighted by Gasteiger charge is -2.43. The van der Waals surface area contributed by atoms with Crippen molar-refractivity contribution in [3.63, 3.8) is 0 Å². The summed E-state index contributed by atoms with van der Waals surface area (Å²) in [6.45, 7) is 6.05. The van der Waals surface area contributed by atoms with Gasteiger partial charge in [-0.2, -0.15) is 0 Å². The quantitative estimate of drug-likeness (QED) is 0.923. The summed E-state index contributed by atoms with van der Waals surface area (Å²) < 4.78 is 10.9. The molecule has 2 aliphatic rings. The maximum Gasteiger partial charge on any atom is 0.133 e. The van der Waals surface area contributed by atoms with Crippen LogP contribution in [0.4, 0.5) is 0 Å². The van der Waals surface area contributed by atoms with Gasteiger partial charge in [-0.15, -0.1) is 0 Å². The van der Waals surface area contributed by atoms with Crippen molar-refractivity contribution in [2.45, 2.75) is 25.1 Å². The minimum atomic E-state index is -0.292. The molecule has 2 atom stereocenters. The predicted octanol–water partition coefficient (Wildman–Crippen LogP) is 2.21. The van der Waals surface area contributed by atoms with Crippen LogP contribution in [0.1, 0.15) is 12.0 Å². The van der Waals surface area contributed by atoms with Crippen molar-refractivity contribution in [2.24, 2.45) is 0 Å². The highest BCUT2D eigenvalue weighted by atomic mass is 16.5. The molecule has 0 aliphatic carbocycles. The number of ether oxygens (including phenoxy) is 1. The molecule has 0 amide bonds. The van der Waals surface area contributed by atoms with E-state index in [9.17, 15) is 5.11 Å². The molecular formula is C20H26N2O3. The number of hydrogen-bond donors (Lipinski definition) is 1. The zero-order valence-electron chi connectivity index (χ0n) is 14.5. The van der Waals surface area contributed by atoms with Gasteiger partial charge in [-0.25, -0.2) is 0 Å². The number of furan rings is 1. The standard InChI is InChI=1S/C20H26N2O3/c23-19-15-21(7-6-18(19)22-8-11-24-12-9-22)14-16-3-1-4-17(13-16)20-5-2-10-25-20/h1-5,10,13,18-19,23H,6-9,11-12,14-15H2/t18-,19-/m1/s1. The van der Waals surface area contributed by atoms with Crippen LogP contribution in [0.25, 0.3) is 11.3 Å². The molecule has 3 heterocycles. The molecule has 0 unspecified atom stereocenters. The minimum absolute atomic E-state index is 0.273. The van der Waals surface area contributed by atoms with Gasteiger partial charge in [-0.1, -0.05) is 18.2 Å². The molecule has 2 saturated heterocycles. The molecule has 5 heteroatoms. The number of benzene rings is 1. The van der Waals surface area contributed by atoms with Crippen molar-refractivity contribution in [1.82, 2.24) is 9.80 Å². The first kappa shape index (κ1) is 16.8. The van der Waals surface area contributed by atoms with E-state index in [1.54, 1.807) is 6.26 Å². The van der Waals surface area contributed by atoms with Gasteiger partial charge >= 0.3 is 0 Å². The Balaban J connectivity index is 1.37. The summed E-state index contributed by atoms with van der Waals surface area (Å²) >= 11 is 0. The van der Waals surface area contributed by atoms with Gasteiger partial charge in [0.05, 0.1) is 25.6 Å². The molecule has 1 aromatic carbocycles. The number of piperidine rings is 1. The normalized spacial score (nSPS) is 26.0.